The fraction of sp³-hybridized carbons (Fsp3) is 0.538. The van der Waals surface area contributed by atoms with Gasteiger partial charge in [-0.15, -0.1) is 0 Å². The minimum absolute atomic E-state index is 0.312. The maximum atomic E-state index is 9.90. The summed E-state index contributed by atoms with van der Waals surface area (Å²) in [6.07, 6.45) is 4.47. The van der Waals surface area contributed by atoms with Crippen molar-refractivity contribution in [3.05, 3.63) is 34.9 Å². The SMILES string of the molecule is OC(CNOC1CCCC1)c1ccc(Cl)cc1. The third-order valence-electron chi connectivity index (χ3n) is 3.08. The summed E-state index contributed by atoms with van der Waals surface area (Å²) in [5, 5.41) is 10.6. The molecule has 1 saturated carbocycles. The highest BCUT2D eigenvalue weighted by Gasteiger charge is 2.16. The standard InChI is InChI=1S/C13H18ClNO2/c14-11-7-5-10(6-8-11)13(16)9-15-17-12-3-1-2-4-12/h5-8,12-13,15-16H,1-4,9H2. The molecule has 1 aliphatic rings. The lowest BCUT2D eigenvalue weighted by Crippen LogP contribution is -2.26. The molecule has 0 saturated heterocycles. The molecule has 2 N–H and O–H groups in total. The summed E-state index contributed by atoms with van der Waals surface area (Å²) in [6, 6.07) is 7.20. The lowest BCUT2D eigenvalue weighted by atomic mass is 10.1. The van der Waals surface area contributed by atoms with E-state index in [0.29, 0.717) is 17.7 Å². The van der Waals surface area contributed by atoms with Crippen molar-refractivity contribution in [2.75, 3.05) is 6.54 Å². The van der Waals surface area contributed by atoms with E-state index in [1.807, 2.05) is 12.1 Å². The lowest BCUT2D eigenvalue weighted by Gasteiger charge is -2.15. The molecule has 0 aliphatic heterocycles. The van der Waals surface area contributed by atoms with Gasteiger partial charge in [0.1, 0.15) is 0 Å². The molecule has 0 bridgehead atoms. The van der Waals surface area contributed by atoms with Crippen LogP contribution in [0.5, 0.6) is 0 Å². The van der Waals surface area contributed by atoms with E-state index in [-0.39, 0.29) is 0 Å². The first-order chi connectivity index (χ1) is 8.25. The highest BCUT2D eigenvalue weighted by molar-refractivity contribution is 6.30. The van der Waals surface area contributed by atoms with E-state index in [1.54, 1.807) is 12.1 Å². The number of hydrogen-bond donors (Lipinski definition) is 2. The van der Waals surface area contributed by atoms with Crippen molar-refractivity contribution in [1.82, 2.24) is 5.48 Å². The number of hydrogen-bond acceptors (Lipinski definition) is 3. The summed E-state index contributed by atoms with van der Waals surface area (Å²) in [4.78, 5) is 5.48. The molecule has 0 aromatic heterocycles. The molecule has 4 heteroatoms. The van der Waals surface area contributed by atoms with E-state index in [0.717, 1.165) is 18.4 Å². The number of rotatable bonds is 5. The van der Waals surface area contributed by atoms with Crippen LogP contribution < -0.4 is 5.48 Å². The Morgan fingerprint density at radius 1 is 1.29 bits per heavy atom. The van der Waals surface area contributed by atoms with Crippen LogP contribution in [0.2, 0.25) is 5.02 Å². The minimum Gasteiger partial charge on any atom is -0.387 e. The highest BCUT2D eigenvalue weighted by Crippen LogP contribution is 2.20. The van der Waals surface area contributed by atoms with Crippen molar-refractivity contribution in [3.8, 4) is 0 Å². The Kier molecular flexibility index (Phi) is 4.80. The molecule has 1 unspecified atom stereocenters. The van der Waals surface area contributed by atoms with Crippen LogP contribution in [-0.4, -0.2) is 17.8 Å². The number of nitrogens with one attached hydrogen (secondary N) is 1. The van der Waals surface area contributed by atoms with Crippen molar-refractivity contribution in [1.29, 1.82) is 0 Å². The third-order valence-corrected chi connectivity index (χ3v) is 3.34. The molecule has 1 aromatic rings. The average molecular weight is 256 g/mol. The number of aliphatic hydroxyl groups is 1. The molecule has 94 valence electrons. The normalized spacial score (nSPS) is 18.5. The van der Waals surface area contributed by atoms with Gasteiger partial charge in [-0.1, -0.05) is 36.6 Å². The first kappa shape index (κ1) is 12.8. The third kappa shape index (κ3) is 3.96. The van der Waals surface area contributed by atoms with Crippen LogP contribution in [0.3, 0.4) is 0 Å². The molecule has 1 aliphatic carbocycles. The zero-order chi connectivity index (χ0) is 12.1. The van der Waals surface area contributed by atoms with Gasteiger partial charge in [0.25, 0.3) is 0 Å². The van der Waals surface area contributed by atoms with Gasteiger partial charge in [-0.3, -0.25) is 4.84 Å². The second kappa shape index (κ2) is 6.36. The van der Waals surface area contributed by atoms with E-state index in [1.165, 1.54) is 12.8 Å². The van der Waals surface area contributed by atoms with Crippen LogP contribution in [0.15, 0.2) is 24.3 Å². The van der Waals surface area contributed by atoms with E-state index < -0.39 is 6.10 Å². The summed E-state index contributed by atoms with van der Waals surface area (Å²) in [5.41, 5.74) is 3.70. The molecule has 1 fully saturated rings. The van der Waals surface area contributed by atoms with Gasteiger partial charge in [-0.05, 0) is 30.5 Å². The topological polar surface area (TPSA) is 41.5 Å². The quantitative estimate of drug-likeness (QED) is 0.795. The predicted molar refractivity (Wildman–Crippen MR) is 67.8 cm³/mol. The van der Waals surface area contributed by atoms with Crippen molar-refractivity contribution in [2.24, 2.45) is 0 Å². The summed E-state index contributed by atoms with van der Waals surface area (Å²) >= 11 is 5.78. The van der Waals surface area contributed by atoms with Gasteiger partial charge >= 0.3 is 0 Å². The van der Waals surface area contributed by atoms with Gasteiger partial charge in [0, 0.05) is 5.02 Å². The van der Waals surface area contributed by atoms with E-state index >= 15 is 0 Å². The molecular weight excluding hydrogens is 238 g/mol. The Bertz CT molecular complexity index is 336. The van der Waals surface area contributed by atoms with Gasteiger partial charge in [0.2, 0.25) is 0 Å². The smallest absolute Gasteiger partial charge is 0.0937 e. The maximum absolute atomic E-state index is 9.90. The number of hydroxylamine groups is 1. The summed E-state index contributed by atoms with van der Waals surface area (Å²) in [5.74, 6) is 0. The monoisotopic (exact) mass is 255 g/mol. The molecular formula is C13H18ClNO2. The van der Waals surface area contributed by atoms with Gasteiger partial charge in [0.15, 0.2) is 0 Å². The lowest BCUT2D eigenvalue weighted by molar-refractivity contribution is -0.0372. The summed E-state index contributed by atoms with van der Waals surface area (Å²) in [6.45, 7) is 0.401. The summed E-state index contributed by atoms with van der Waals surface area (Å²) in [7, 11) is 0. The molecule has 0 amide bonds. The van der Waals surface area contributed by atoms with E-state index in [2.05, 4.69) is 5.48 Å². The molecule has 1 aromatic carbocycles. The first-order valence-corrected chi connectivity index (χ1v) is 6.45. The molecule has 0 spiro atoms. The number of benzene rings is 1. The Morgan fingerprint density at radius 2 is 1.94 bits per heavy atom. The molecule has 3 nitrogen and oxygen atoms in total. The zero-order valence-corrected chi connectivity index (χ0v) is 10.5. The Hall–Kier alpha value is -0.610. The van der Waals surface area contributed by atoms with Crippen molar-refractivity contribution in [2.45, 2.75) is 37.9 Å². The first-order valence-electron chi connectivity index (χ1n) is 6.08. The largest absolute Gasteiger partial charge is 0.387 e. The van der Waals surface area contributed by atoms with Crippen molar-refractivity contribution >= 4 is 11.6 Å². The zero-order valence-electron chi connectivity index (χ0n) is 9.73. The predicted octanol–water partition coefficient (Wildman–Crippen LogP) is 2.84. The van der Waals surface area contributed by atoms with E-state index in [9.17, 15) is 5.11 Å². The second-order valence-corrected chi connectivity index (χ2v) is 4.88. The number of aliphatic hydroxyl groups excluding tert-OH is 1. The second-order valence-electron chi connectivity index (χ2n) is 4.44. The average Bonchev–Trinajstić information content (AvgIpc) is 2.83. The Morgan fingerprint density at radius 3 is 2.59 bits per heavy atom. The summed E-state index contributed by atoms with van der Waals surface area (Å²) < 4.78 is 0. The van der Waals surface area contributed by atoms with Crippen LogP contribution in [0.25, 0.3) is 0 Å². The van der Waals surface area contributed by atoms with Crippen LogP contribution in [0, 0.1) is 0 Å². The van der Waals surface area contributed by atoms with Crippen LogP contribution in [0.4, 0.5) is 0 Å². The van der Waals surface area contributed by atoms with Gasteiger partial charge in [-0.25, -0.2) is 0 Å². The van der Waals surface area contributed by atoms with Crippen LogP contribution in [-0.2, 0) is 4.84 Å². The van der Waals surface area contributed by atoms with E-state index in [4.69, 9.17) is 16.4 Å². The van der Waals surface area contributed by atoms with Crippen molar-refractivity contribution < 1.29 is 9.94 Å². The molecule has 1 atom stereocenters. The van der Waals surface area contributed by atoms with Gasteiger partial charge in [-0.2, -0.15) is 5.48 Å². The molecule has 0 radical (unpaired) electrons. The molecule has 2 rings (SSSR count). The van der Waals surface area contributed by atoms with Gasteiger partial charge < -0.3 is 5.11 Å². The fourth-order valence-electron chi connectivity index (χ4n) is 2.05. The number of halogens is 1. The molecule has 0 heterocycles. The molecule has 17 heavy (non-hydrogen) atoms. The Balaban J connectivity index is 1.72. The van der Waals surface area contributed by atoms with Gasteiger partial charge in [0.05, 0.1) is 18.8 Å². The highest BCUT2D eigenvalue weighted by atomic mass is 35.5. The fourth-order valence-corrected chi connectivity index (χ4v) is 2.18. The van der Waals surface area contributed by atoms with Crippen molar-refractivity contribution in [3.63, 3.8) is 0 Å². The minimum atomic E-state index is -0.561. The maximum Gasteiger partial charge on any atom is 0.0937 e. The Labute approximate surface area is 107 Å². The van der Waals surface area contributed by atoms with Crippen LogP contribution >= 0.6 is 11.6 Å². The van der Waals surface area contributed by atoms with Crippen LogP contribution in [0.1, 0.15) is 37.4 Å².